The van der Waals surface area contributed by atoms with Gasteiger partial charge in [0.25, 0.3) is 0 Å². The molecule has 27 heavy (non-hydrogen) atoms. The van der Waals surface area contributed by atoms with E-state index < -0.39 is 5.76 Å². The molecule has 0 aliphatic rings. The van der Waals surface area contributed by atoms with Crippen molar-refractivity contribution in [3.8, 4) is 0 Å². The zero-order valence-electron chi connectivity index (χ0n) is 15.0. The van der Waals surface area contributed by atoms with Crippen molar-refractivity contribution in [2.24, 2.45) is 0 Å². The number of rotatable bonds is 5. The molecule has 0 radical (unpaired) electrons. The number of carbonyl (C=O) groups excluding carboxylic acids is 1. The molecule has 1 aromatic heterocycles. The molecule has 3 aromatic carbocycles. The van der Waals surface area contributed by atoms with Gasteiger partial charge in [0.1, 0.15) is 0 Å². The molecule has 0 saturated heterocycles. The Bertz CT molecular complexity index is 1170. The van der Waals surface area contributed by atoms with E-state index in [9.17, 15) is 9.59 Å². The number of aromatic nitrogens is 1. The molecular weight excluding hydrogens is 340 g/mol. The highest BCUT2D eigenvalue weighted by molar-refractivity contribution is 5.87. The highest BCUT2D eigenvalue weighted by Gasteiger charge is 2.14. The Hall–Kier alpha value is -3.34. The summed E-state index contributed by atoms with van der Waals surface area (Å²) >= 11 is 0. The number of nitrogens with zero attached hydrogens (tertiary/aromatic N) is 1. The van der Waals surface area contributed by atoms with Crippen molar-refractivity contribution in [2.75, 3.05) is 0 Å². The molecule has 1 amide bonds. The van der Waals surface area contributed by atoms with Crippen LogP contribution in [0, 0.1) is 0 Å². The largest absolute Gasteiger partial charge is 0.419 e. The van der Waals surface area contributed by atoms with Crippen LogP contribution >= 0.6 is 0 Å². The molecule has 0 aliphatic heterocycles. The fourth-order valence-electron chi connectivity index (χ4n) is 3.46. The number of hydrogen-bond acceptors (Lipinski definition) is 3. The van der Waals surface area contributed by atoms with Gasteiger partial charge in [0.15, 0.2) is 5.58 Å². The Kier molecular flexibility index (Phi) is 4.50. The van der Waals surface area contributed by atoms with Crippen LogP contribution in [0.2, 0.25) is 0 Å². The number of aryl methyl sites for hydroxylation is 1. The van der Waals surface area contributed by atoms with Gasteiger partial charge in [-0.2, -0.15) is 0 Å². The van der Waals surface area contributed by atoms with Crippen LogP contribution in [0.15, 0.2) is 75.9 Å². The summed E-state index contributed by atoms with van der Waals surface area (Å²) < 4.78 is 6.70. The molecule has 1 N–H and O–H groups in total. The number of para-hydroxylation sites is 2. The minimum Gasteiger partial charge on any atom is -0.408 e. The molecule has 0 saturated carbocycles. The highest BCUT2D eigenvalue weighted by atomic mass is 16.4. The molecular formula is C22H20N2O3. The Morgan fingerprint density at radius 1 is 1.04 bits per heavy atom. The molecule has 1 atom stereocenters. The first-order chi connectivity index (χ1) is 13.1. The maximum atomic E-state index is 12.4. The normalized spacial score (nSPS) is 12.3. The average Bonchev–Trinajstić information content (AvgIpc) is 3.01. The van der Waals surface area contributed by atoms with Gasteiger partial charge in [-0.15, -0.1) is 0 Å². The summed E-state index contributed by atoms with van der Waals surface area (Å²) in [4.78, 5) is 24.5. The van der Waals surface area contributed by atoms with Crippen molar-refractivity contribution in [3.05, 3.63) is 82.8 Å². The second-order valence-electron chi connectivity index (χ2n) is 6.59. The number of nitrogens with one attached hydrogen (secondary N) is 1. The predicted molar refractivity (Wildman–Crippen MR) is 106 cm³/mol. The van der Waals surface area contributed by atoms with E-state index in [0.29, 0.717) is 11.1 Å². The summed E-state index contributed by atoms with van der Waals surface area (Å²) in [6, 6.07) is 21.3. The maximum absolute atomic E-state index is 12.4. The molecule has 0 aliphatic carbocycles. The van der Waals surface area contributed by atoms with Crippen LogP contribution in [0.4, 0.5) is 0 Å². The monoisotopic (exact) mass is 360 g/mol. The van der Waals surface area contributed by atoms with Gasteiger partial charge in [0.2, 0.25) is 5.91 Å². The number of oxazole rings is 1. The molecule has 5 heteroatoms. The van der Waals surface area contributed by atoms with E-state index in [1.54, 1.807) is 6.07 Å². The number of benzene rings is 3. The first-order valence-electron chi connectivity index (χ1n) is 8.99. The van der Waals surface area contributed by atoms with Crippen LogP contribution in [0.25, 0.3) is 21.9 Å². The van der Waals surface area contributed by atoms with Crippen molar-refractivity contribution in [1.82, 2.24) is 9.88 Å². The number of carbonyl (C=O) groups is 1. The van der Waals surface area contributed by atoms with Crippen LogP contribution in [-0.2, 0) is 11.3 Å². The lowest BCUT2D eigenvalue weighted by Gasteiger charge is -2.16. The number of fused-ring (bicyclic) bond motifs is 2. The molecule has 4 rings (SSSR count). The minimum atomic E-state index is -0.439. The molecule has 0 fully saturated rings. The van der Waals surface area contributed by atoms with Crippen LogP contribution in [0.5, 0.6) is 0 Å². The fraction of sp³-hybridized carbons (Fsp3) is 0.182. The molecule has 0 spiro atoms. The van der Waals surface area contributed by atoms with Gasteiger partial charge in [0.05, 0.1) is 11.6 Å². The quantitative estimate of drug-likeness (QED) is 0.585. The summed E-state index contributed by atoms with van der Waals surface area (Å²) in [5, 5.41) is 5.31. The fourth-order valence-corrected chi connectivity index (χ4v) is 3.46. The van der Waals surface area contributed by atoms with Gasteiger partial charge in [-0.05, 0) is 35.4 Å². The van der Waals surface area contributed by atoms with Crippen molar-refractivity contribution in [1.29, 1.82) is 0 Å². The topological polar surface area (TPSA) is 64.2 Å². The van der Waals surface area contributed by atoms with Crippen molar-refractivity contribution < 1.29 is 9.21 Å². The third-order valence-corrected chi connectivity index (χ3v) is 4.80. The first-order valence-corrected chi connectivity index (χ1v) is 8.99. The van der Waals surface area contributed by atoms with Gasteiger partial charge < -0.3 is 9.73 Å². The predicted octanol–water partition coefficient (Wildman–Crippen LogP) is 4.02. The van der Waals surface area contributed by atoms with E-state index >= 15 is 0 Å². The minimum absolute atomic E-state index is 0.104. The zero-order valence-corrected chi connectivity index (χ0v) is 15.0. The highest BCUT2D eigenvalue weighted by Crippen LogP contribution is 2.24. The Morgan fingerprint density at radius 3 is 2.67 bits per heavy atom. The molecule has 1 unspecified atom stereocenters. The van der Waals surface area contributed by atoms with Gasteiger partial charge in [-0.1, -0.05) is 54.6 Å². The van der Waals surface area contributed by atoms with Crippen LogP contribution < -0.4 is 11.1 Å². The Balaban J connectivity index is 1.47. The lowest BCUT2D eigenvalue weighted by atomic mass is 9.99. The lowest BCUT2D eigenvalue weighted by Crippen LogP contribution is -2.28. The lowest BCUT2D eigenvalue weighted by molar-refractivity contribution is -0.121. The van der Waals surface area contributed by atoms with E-state index in [4.69, 9.17) is 4.42 Å². The van der Waals surface area contributed by atoms with E-state index in [2.05, 4.69) is 23.5 Å². The molecule has 136 valence electrons. The standard InChI is InChI=1S/C22H20N2O3/c1-15(17-10-6-8-16-7-2-3-9-18(16)17)23-21(25)13-14-24-19-11-4-5-12-20(19)27-22(24)26/h2-12,15H,13-14H2,1H3,(H,23,25). The van der Waals surface area contributed by atoms with Gasteiger partial charge in [-0.25, -0.2) is 4.79 Å². The molecule has 0 bridgehead atoms. The van der Waals surface area contributed by atoms with Crippen molar-refractivity contribution >= 4 is 27.8 Å². The SMILES string of the molecule is CC(NC(=O)CCn1c(=O)oc2ccccc21)c1cccc2ccccc12. The summed E-state index contributed by atoms with van der Waals surface area (Å²) in [5.41, 5.74) is 2.32. The average molecular weight is 360 g/mol. The molecule has 1 heterocycles. The van der Waals surface area contributed by atoms with E-state index in [-0.39, 0.29) is 24.9 Å². The summed E-state index contributed by atoms with van der Waals surface area (Å²) in [5.74, 6) is -0.543. The van der Waals surface area contributed by atoms with E-state index in [0.717, 1.165) is 16.3 Å². The third-order valence-electron chi connectivity index (χ3n) is 4.80. The van der Waals surface area contributed by atoms with Crippen molar-refractivity contribution in [3.63, 3.8) is 0 Å². The summed E-state index contributed by atoms with van der Waals surface area (Å²) in [7, 11) is 0. The third kappa shape index (κ3) is 3.36. The van der Waals surface area contributed by atoms with Crippen LogP contribution in [0.1, 0.15) is 24.9 Å². The van der Waals surface area contributed by atoms with Crippen LogP contribution in [-0.4, -0.2) is 10.5 Å². The second kappa shape index (κ2) is 7.11. The zero-order chi connectivity index (χ0) is 18.8. The van der Waals surface area contributed by atoms with Crippen LogP contribution in [0.3, 0.4) is 0 Å². The second-order valence-corrected chi connectivity index (χ2v) is 6.59. The maximum Gasteiger partial charge on any atom is 0.419 e. The van der Waals surface area contributed by atoms with Crippen molar-refractivity contribution in [2.45, 2.75) is 25.9 Å². The first kappa shape index (κ1) is 17.1. The van der Waals surface area contributed by atoms with E-state index in [1.165, 1.54) is 4.57 Å². The van der Waals surface area contributed by atoms with E-state index in [1.807, 2.05) is 49.4 Å². The van der Waals surface area contributed by atoms with Gasteiger partial charge in [-0.3, -0.25) is 9.36 Å². The smallest absolute Gasteiger partial charge is 0.408 e. The molecule has 5 nitrogen and oxygen atoms in total. The molecule has 4 aromatic rings. The van der Waals surface area contributed by atoms with Gasteiger partial charge >= 0.3 is 5.76 Å². The Labute approximate surface area is 156 Å². The Morgan fingerprint density at radius 2 is 1.78 bits per heavy atom. The van der Waals surface area contributed by atoms with Gasteiger partial charge in [0, 0.05) is 13.0 Å². The number of amides is 1. The summed E-state index contributed by atoms with van der Waals surface area (Å²) in [6.07, 6.45) is 0.207. The number of hydrogen-bond donors (Lipinski definition) is 1. The summed E-state index contributed by atoms with van der Waals surface area (Å²) in [6.45, 7) is 2.25.